The van der Waals surface area contributed by atoms with E-state index in [1.807, 2.05) is 36.4 Å². The fraction of sp³-hybridized carbons (Fsp3) is 0.316. The van der Waals surface area contributed by atoms with Gasteiger partial charge in [-0.05, 0) is 63.7 Å². The Labute approximate surface area is 159 Å². The Kier molecular flexibility index (Phi) is 6.47. The number of carbonyl (C=O) groups is 1. The standard InChI is InChI=1S/C19H20Br2O3/c1-4-19(2,3)13-5-8-15(9-6-13)24-18(22)12-23-17-10-7-14(20)11-16(17)21/h5-11H,4,12H2,1-3H3. The molecule has 0 bridgehead atoms. The van der Waals surface area contributed by atoms with Crippen molar-refractivity contribution in [1.29, 1.82) is 0 Å². The molecule has 0 atom stereocenters. The monoisotopic (exact) mass is 454 g/mol. The zero-order valence-corrected chi connectivity index (χ0v) is 17.1. The number of esters is 1. The first-order chi connectivity index (χ1) is 11.3. The van der Waals surface area contributed by atoms with Crippen molar-refractivity contribution in [1.82, 2.24) is 0 Å². The van der Waals surface area contributed by atoms with Crippen molar-refractivity contribution in [3.8, 4) is 11.5 Å². The third kappa shape index (κ3) is 5.08. The van der Waals surface area contributed by atoms with Crippen LogP contribution >= 0.6 is 31.9 Å². The Morgan fingerprint density at radius 3 is 2.33 bits per heavy atom. The van der Waals surface area contributed by atoms with E-state index in [2.05, 4.69) is 52.6 Å². The third-order valence-electron chi connectivity index (χ3n) is 3.99. The molecule has 2 rings (SSSR count). The fourth-order valence-electron chi connectivity index (χ4n) is 2.07. The summed E-state index contributed by atoms with van der Waals surface area (Å²) in [6, 6.07) is 13.1. The van der Waals surface area contributed by atoms with Crippen LogP contribution in [0.5, 0.6) is 11.5 Å². The number of rotatable bonds is 6. The smallest absolute Gasteiger partial charge is 0.349 e. The minimum atomic E-state index is -0.438. The summed E-state index contributed by atoms with van der Waals surface area (Å²) in [5, 5.41) is 0. The summed E-state index contributed by atoms with van der Waals surface area (Å²) in [4.78, 5) is 11.9. The molecule has 0 aromatic heterocycles. The van der Waals surface area contributed by atoms with Crippen LogP contribution in [0.25, 0.3) is 0 Å². The summed E-state index contributed by atoms with van der Waals surface area (Å²) >= 11 is 6.76. The second-order valence-electron chi connectivity index (χ2n) is 6.10. The Hall–Kier alpha value is -1.33. The number of carbonyl (C=O) groups excluding carboxylic acids is 1. The van der Waals surface area contributed by atoms with Crippen LogP contribution in [-0.2, 0) is 10.2 Å². The van der Waals surface area contributed by atoms with Crippen molar-refractivity contribution in [2.24, 2.45) is 0 Å². The molecule has 24 heavy (non-hydrogen) atoms. The largest absolute Gasteiger partial charge is 0.481 e. The van der Waals surface area contributed by atoms with Crippen LogP contribution in [0.4, 0.5) is 0 Å². The van der Waals surface area contributed by atoms with E-state index in [-0.39, 0.29) is 12.0 Å². The van der Waals surface area contributed by atoms with Crippen molar-refractivity contribution in [2.75, 3.05) is 6.61 Å². The normalized spacial score (nSPS) is 11.2. The zero-order valence-electron chi connectivity index (χ0n) is 13.9. The molecule has 2 aromatic carbocycles. The first kappa shape index (κ1) is 19.0. The molecule has 0 amide bonds. The van der Waals surface area contributed by atoms with Crippen LogP contribution in [-0.4, -0.2) is 12.6 Å². The topological polar surface area (TPSA) is 35.5 Å². The first-order valence-corrected chi connectivity index (χ1v) is 9.29. The minimum absolute atomic E-state index is 0.111. The van der Waals surface area contributed by atoms with Crippen molar-refractivity contribution in [3.63, 3.8) is 0 Å². The van der Waals surface area contributed by atoms with Gasteiger partial charge in [0, 0.05) is 4.47 Å². The van der Waals surface area contributed by atoms with Crippen LogP contribution < -0.4 is 9.47 Å². The molecule has 0 N–H and O–H groups in total. The van der Waals surface area contributed by atoms with Gasteiger partial charge in [-0.15, -0.1) is 0 Å². The summed E-state index contributed by atoms with van der Waals surface area (Å²) in [7, 11) is 0. The van der Waals surface area contributed by atoms with Gasteiger partial charge in [0.15, 0.2) is 6.61 Å². The quantitative estimate of drug-likeness (QED) is 0.402. The predicted molar refractivity (Wildman–Crippen MR) is 103 cm³/mol. The summed E-state index contributed by atoms with van der Waals surface area (Å²) in [5.74, 6) is 0.677. The molecule has 5 heteroatoms. The predicted octanol–water partition coefficient (Wildman–Crippen LogP) is 5.88. The second-order valence-corrected chi connectivity index (χ2v) is 7.87. The maximum absolute atomic E-state index is 11.9. The van der Waals surface area contributed by atoms with Gasteiger partial charge in [0.2, 0.25) is 0 Å². The molecular formula is C19H20Br2O3. The number of ether oxygens (including phenoxy) is 2. The second kappa shape index (κ2) is 8.17. The Morgan fingerprint density at radius 2 is 1.75 bits per heavy atom. The van der Waals surface area contributed by atoms with E-state index >= 15 is 0 Å². The molecule has 0 spiro atoms. The van der Waals surface area contributed by atoms with Crippen molar-refractivity contribution in [3.05, 3.63) is 57.0 Å². The van der Waals surface area contributed by atoms with Gasteiger partial charge in [0.05, 0.1) is 4.47 Å². The summed E-state index contributed by atoms with van der Waals surface area (Å²) in [6.45, 7) is 6.39. The lowest BCUT2D eigenvalue weighted by Crippen LogP contribution is -2.18. The highest BCUT2D eigenvalue weighted by Gasteiger charge is 2.18. The lowest BCUT2D eigenvalue weighted by molar-refractivity contribution is -0.136. The number of hydrogen-bond donors (Lipinski definition) is 0. The van der Waals surface area contributed by atoms with Crippen molar-refractivity contribution in [2.45, 2.75) is 32.6 Å². The van der Waals surface area contributed by atoms with E-state index in [1.54, 1.807) is 6.07 Å². The third-order valence-corrected chi connectivity index (χ3v) is 5.10. The highest BCUT2D eigenvalue weighted by atomic mass is 79.9. The van der Waals surface area contributed by atoms with E-state index in [4.69, 9.17) is 9.47 Å². The summed E-state index contributed by atoms with van der Waals surface area (Å²) in [5.41, 5.74) is 1.33. The number of halogens is 2. The molecule has 0 heterocycles. The maximum atomic E-state index is 11.9. The van der Waals surface area contributed by atoms with Crippen LogP contribution in [0.2, 0.25) is 0 Å². The Morgan fingerprint density at radius 1 is 1.08 bits per heavy atom. The van der Waals surface area contributed by atoms with Gasteiger partial charge < -0.3 is 9.47 Å². The van der Waals surface area contributed by atoms with Crippen LogP contribution in [0.15, 0.2) is 51.4 Å². The van der Waals surface area contributed by atoms with Gasteiger partial charge in [-0.25, -0.2) is 4.79 Å². The van der Waals surface area contributed by atoms with Gasteiger partial charge >= 0.3 is 5.97 Å². The average molecular weight is 456 g/mol. The van der Waals surface area contributed by atoms with Crippen LogP contribution in [0.3, 0.4) is 0 Å². The molecule has 3 nitrogen and oxygen atoms in total. The number of benzene rings is 2. The van der Waals surface area contributed by atoms with E-state index in [9.17, 15) is 4.79 Å². The van der Waals surface area contributed by atoms with Crippen LogP contribution in [0.1, 0.15) is 32.8 Å². The maximum Gasteiger partial charge on any atom is 0.349 e. The SMILES string of the molecule is CCC(C)(C)c1ccc(OC(=O)COc2ccc(Br)cc2Br)cc1. The highest BCUT2D eigenvalue weighted by molar-refractivity contribution is 9.11. The van der Waals surface area contributed by atoms with Gasteiger partial charge in [0.1, 0.15) is 11.5 Å². The Balaban J connectivity index is 1.92. The van der Waals surface area contributed by atoms with Gasteiger partial charge in [0.25, 0.3) is 0 Å². The van der Waals surface area contributed by atoms with Crippen molar-refractivity contribution < 1.29 is 14.3 Å². The van der Waals surface area contributed by atoms with E-state index in [1.165, 1.54) is 5.56 Å². The molecular weight excluding hydrogens is 436 g/mol. The molecule has 0 fully saturated rings. The van der Waals surface area contributed by atoms with Gasteiger partial charge in [-0.2, -0.15) is 0 Å². The lowest BCUT2D eigenvalue weighted by Gasteiger charge is -2.23. The van der Waals surface area contributed by atoms with Gasteiger partial charge in [-0.1, -0.05) is 48.8 Å². The van der Waals surface area contributed by atoms with E-state index in [0.717, 1.165) is 15.4 Å². The molecule has 2 aromatic rings. The van der Waals surface area contributed by atoms with E-state index in [0.29, 0.717) is 11.5 Å². The lowest BCUT2D eigenvalue weighted by atomic mass is 9.82. The van der Waals surface area contributed by atoms with Crippen LogP contribution in [0, 0.1) is 0 Å². The molecule has 0 saturated carbocycles. The number of hydrogen-bond acceptors (Lipinski definition) is 3. The van der Waals surface area contributed by atoms with Crippen molar-refractivity contribution >= 4 is 37.8 Å². The van der Waals surface area contributed by atoms with Gasteiger partial charge in [-0.3, -0.25) is 0 Å². The molecule has 0 aliphatic heterocycles. The molecule has 0 saturated heterocycles. The van der Waals surface area contributed by atoms with E-state index < -0.39 is 5.97 Å². The minimum Gasteiger partial charge on any atom is -0.481 e. The Bertz CT molecular complexity index is 709. The molecule has 0 aliphatic carbocycles. The molecule has 0 aliphatic rings. The summed E-state index contributed by atoms with van der Waals surface area (Å²) < 4.78 is 12.5. The molecule has 0 unspecified atom stereocenters. The summed E-state index contributed by atoms with van der Waals surface area (Å²) in [6.07, 6.45) is 1.04. The highest BCUT2D eigenvalue weighted by Crippen LogP contribution is 2.29. The molecule has 0 radical (unpaired) electrons. The fourth-order valence-corrected chi connectivity index (χ4v) is 3.23. The first-order valence-electron chi connectivity index (χ1n) is 7.71. The average Bonchev–Trinajstić information content (AvgIpc) is 2.54. The molecule has 128 valence electrons. The zero-order chi connectivity index (χ0) is 17.7.